The van der Waals surface area contributed by atoms with Crippen molar-refractivity contribution in [3.63, 3.8) is 0 Å². The molecule has 0 radical (unpaired) electrons. The molecule has 0 bridgehead atoms. The lowest BCUT2D eigenvalue weighted by molar-refractivity contribution is -0.113. The standard InChI is InChI=1S/C28H27N5O3S2/c1-18-24(26(34)30-19-7-4-3-5-8-19)25(21-9-6-16-37-21)33-27(35)22(38-28(33)29-18)17-20-10-11-23(36-20)32-14-12-31(2)13-15-32/h3-11,16-17,25H,12-15H2,1-2H3,(H,30,34)/b22-17-/t25-/m0/s1. The monoisotopic (exact) mass is 545 g/mol. The van der Waals surface area contributed by atoms with Gasteiger partial charge in [-0.05, 0) is 43.6 Å². The Labute approximate surface area is 227 Å². The molecule has 10 heteroatoms. The van der Waals surface area contributed by atoms with Crippen LogP contribution in [0.2, 0.25) is 0 Å². The van der Waals surface area contributed by atoms with E-state index in [1.807, 2.05) is 66.9 Å². The van der Waals surface area contributed by atoms with E-state index in [9.17, 15) is 9.59 Å². The molecule has 4 aromatic rings. The van der Waals surface area contributed by atoms with Gasteiger partial charge in [0.1, 0.15) is 11.8 Å². The van der Waals surface area contributed by atoms with Crippen LogP contribution in [0.15, 0.2) is 85.5 Å². The molecular weight excluding hydrogens is 518 g/mol. The van der Waals surface area contributed by atoms with Crippen molar-refractivity contribution >= 4 is 46.2 Å². The predicted octanol–water partition coefficient (Wildman–Crippen LogP) is 3.28. The second-order valence-electron chi connectivity index (χ2n) is 9.38. The summed E-state index contributed by atoms with van der Waals surface area (Å²) >= 11 is 2.83. The third kappa shape index (κ3) is 4.66. The number of hydrogen-bond donors (Lipinski definition) is 1. The quantitative estimate of drug-likeness (QED) is 0.416. The Morgan fingerprint density at radius 2 is 1.87 bits per heavy atom. The van der Waals surface area contributed by atoms with Gasteiger partial charge < -0.3 is 19.5 Å². The van der Waals surface area contributed by atoms with Gasteiger partial charge in [0.25, 0.3) is 11.5 Å². The fourth-order valence-corrected chi connectivity index (χ4v) is 6.64. The lowest BCUT2D eigenvalue weighted by atomic mass is 10.0. The number of benzene rings is 1. The number of aromatic nitrogens is 1. The molecular formula is C28H27N5O3S2. The summed E-state index contributed by atoms with van der Waals surface area (Å²) in [7, 11) is 2.12. The van der Waals surface area contributed by atoms with E-state index >= 15 is 0 Å². The fraction of sp³-hybridized carbons (Fsp3) is 0.250. The first-order valence-corrected chi connectivity index (χ1v) is 14.1. The zero-order valence-corrected chi connectivity index (χ0v) is 22.7. The van der Waals surface area contributed by atoms with Crippen molar-refractivity contribution in [1.29, 1.82) is 0 Å². The van der Waals surface area contributed by atoms with E-state index in [1.54, 1.807) is 10.6 Å². The number of rotatable bonds is 5. The van der Waals surface area contributed by atoms with Crippen molar-refractivity contribution in [3.8, 4) is 0 Å². The van der Waals surface area contributed by atoms with E-state index in [0.717, 1.165) is 36.9 Å². The largest absolute Gasteiger partial charge is 0.441 e. The third-order valence-corrected chi connectivity index (χ3v) is 8.72. The number of hydrogen-bond acceptors (Lipinski definition) is 8. The maximum absolute atomic E-state index is 13.8. The first-order chi connectivity index (χ1) is 18.5. The van der Waals surface area contributed by atoms with Crippen molar-refractivity contribution < 1.29 is 9.21 Å². The summed E-state index contributed by atoms with van der Waals surface area (Å²) in [5.74, 6) is 1.16. The molecule has 2 aliphatic heterocycles. The number of carbonyl (C=O) groups excluding carboxylic acids is 1. The molecule has 6 rings (SSSR count). The fourth-order valence-electron chi connectivity index (χ4n) is 4.79. The first kappa shape index (κ1) is 24.6. The van der Waals surface area contributed by atoms with E-state index in [-0.39, 0.29) is 11.5 Å². The van der Waals surface area contributed by atoms with E-state index in [0.29, 0.717) is 32.1 Å². The summed E-state index contributed by atoms with van der Waals surface area (Å²) in [5, 5.41) is 4.93. The summed E-state index contributed by atoms with van der Waals surface area (Å²) in [5.41, 5.74) is 1.56. The van der Waals surface area contributed by atoms with E-state index in [2.05, 4.69) is 22.2 Å². The second kappa shape index (κ2) is 10.2. The molecule has 1 atom stereocenters. The lowest BCUT2D eigenvalue weighted by Gasteiger charge is -2.32. The number of piperazine rings is 1. The van der Waals surface area contributed by atoms with Gasteiger partial charge in [0.2, 0.25) is 0 Å². The molecule has 1 saturated heterocycles. The number of thiophene rings is 1. The van der Waals surface area contributed by atoms with Gasteiger partial charge >= 0.3 is 0 Å². The average Bonchev–Trinajstić information content (AvgIpc) is 3.66. The molecule has 5 heterocycles. The average molecular weight is 546 g/mol. The second-order valence-corrected chi connectivity index (χ2v) is 11.4. The molecule has 0 unspecified atom stereocenters. The van der Waals surface area contributed by atoms with Gasteiger partial charge in [-0.25, -0.2) is 4.99 Å². The molecule has 3 aromatic heterocycles. The smallest absolute Gasteiger partial charge is 0.271 e. The van der Waals surface area contributed by atoms with Crippen molar-refractivity contribution in [3.05, 3.63) is 102 Å². The molecule has 1 aromatic carbocycles. The Kier molecular flexibility index (Phi) is 6.61. The zero-order chi connectivity index (χ0) is 26.2. The van der Waals surface area contributed by atoms with Gasteiger partial charge in [-0.1, -0.05) is 35.6 Å². The summed E-state index contributed by atoms with van der Waals surface area (Å²) in [6.45, 7) is 5.60. The highest BCUT2D eigenvalue weighted by molar-refractivity contribution is 7.10. The van der Waals surface area contributed by atoms with Crippen LogP contribution in [0.25, 0.3) is 6.08 Å². The summed E-state index contributed by atoms with van der Waals surface area (Å²) in [6, 6.07) is 16.5. The number of allylic oxidation sites excluding steroid dienone is 1. The highest BCUT2D eigenvalue weighted by atomic mass is 32.1. The van der Waals surface area contributed by atoms with Crippen LogP contribution >= 0.6 is 22.7 Å². The summed E-state index contributed by atoms with van der Waals surface area (Å²) in [6.07, 6.45) is 1.78. The van der Waals surface area contributed by atoms with Gasteiger partial charge in [-0.2, -0.15) is 0 Å². The SMILES string of the molecule is CC1=C(C(=O)Nc2ccccc2)[C@H](c2cccs2)n2c(s/c(=C\c3ccc(N4CCN(C)CC4)o3)c2=O)=N1. The van der Waals surface area contributed by atoms with Crippen molar-refractivity contribution in [1.82, 2.24) is 9.47 Å². The number of para-hydroxylation sites is 1. The number of nitrogens with zero attached hydrogens (tertiary/aromatic N) is 4. The van der Waals surface area contributed by atoms with Gasteiger partial charge in [0.05, 0.1) is 15.8 Å². The van der Waals surface area contributed by atoms with Crippen LogP contribution in [-0.4, -0.2) is 48.6 Å². The minimum atomic E-state index is -0.561. The number of nitrogens with one attached hydrogen (secondary N) is 1. The van der Waals surface area contributed by atoms with Crippen LogP contribution in [-0.2, 0) is 4.79 Å². The molecule has 0 aliphatic carbocycles. The van der Waals surface area contributed by atoms with Crippen LogP contribution in [0, 0.1) is 0 Å². The minimum Gasteiger partial charge on any atom is -0.441 e. The Balaban J connectivity index is 1.38. The zero-order valence-electron chi connectivity index (χ0n) is 21.1. The van der Waals surface area contributed by atoms with E-state index in [1.165, 1.54) is 22.7 Å². The topological polar surface area (TPSA) is 83.1 Å². The van der Waals surface area contributed by atoms with Crippen LogP contribution in [0.1, 0.15) is 23.6 Å². The van der Waals surface area contributed by atoms with Crippen LogP contribution in [0.5, 0.6) is 0 Å². The van der Waals surface area contributed by atoms with Gasteiger partial charge in [-0.3, -0.25) is 14.2 Å². The number of thiazole rings is 1. The van der Waals surface area contributed by atoms with E-state index in [4.69, 9.17) is 9.41 Å². The van der Waals surface area contributed by atoms with E-state index < -0.39 is 6.04 Å². The molecule has 1 fully saturated rings. The maximum atomic E-state index is 13.8. The lowest BCUT2D eigenvalue weighted by Crippen LogP contribution is -2.44. The van der Waals surface area contributed by atoms with Gasteiger partial charge in [0, 0.05) is 48.9 Å². The summed E-state index contributed by atoms with van der Waals surface area (Å²) in [4.78, 5) is 38.0. The number of amides is 1. The number of furan rings is 1. The van der Waals surface area contributed by atoms with Crippen LogP contribution < -0.4 is 25.1 Å². The Morgan fingerprint density at radius 1 is 1.08 bits per heavy atom. The maximum Gasteiger partial charge on any atom is 0.271 e. The Hall–Kier alpha value is -3.73. The Morgan fingerprint density at radius 3 is 2.61 bits per heavy atom. The van der Waals surface area contributed by atoms with Crippen molar-refractivity contribution in [2.24, 2.45) is 4.99 Å². The molecule has 0 spiro atoms. The van der Waals surface area contributed by atoms with Crippen LogP contribution in [0.3, 0.4) is 0 Å². The van der Waals surface area contributed by atoms with Gasteiger partial charge in [0.15, 0.2) is 10.7 Å². The molecule has 1 amide bonds. The third-order valence-electron chi connectivity index (χ3n) is 6.81. The Bertz CT molecular complexity index is 1670. The number of carbonyl (C=O) groups is 1. The molecule has 1 N–H and O–H groups in total. The van der Waals surface area contributed by atoms with Crippen LogP contribution in [0.4, 0.5) is 11.6 Å². The van der Waals surface area contributed by atoms with Crippen molar-refractivity contribution in [2.75, 3.05) is 43.4 Å². The molecule has 0 saturated carbocycles. The van der Waals surface area contributed by atoms with Crippen molar-refractivity contribution in [2.45, 2.75) is 13.0 Å². The predicted molar refractivity (Wildman–Crippen MR) is 152 cm³/mol. The van der Waals surface area contributed by atoms with Gasteiger partial charge in [-0.15, -0.1) is 11.3 Å². The molecule has 38 heavy (non-hydrogen) atoms. The normalized spacial score (nSPS) is 18.4. The first-order valence-electron chi connectivity index (χ1n) is 12.4. The number of likely N-dealkylation sites (N-methyl/N-ethyl adjacent to an activating group) is 1. The minimum absolute atomic E-state index is 0.192. The molecule has 8 nitrogen and oxygen atoms in total. The summed E-state index contributed by atoms with van der Waals surface area (Å²) < 4.78 is 8.26. The number of fused-ring (bicyclic) bond motifs is 1. The number of anilines is 2. The highest BCUT2D eigenvalue weighted by Crippen LogP contribution is 2.33. The molecule has 2 aliphatic rings. The highest BCUT2D eigenvalue weighted by Gasteiger charge is 2.33. The molecule has 194 valence electrons.